The minimum atomic E-state index is -0.593. The van der Waals surface area contributed by atoms with Crippen LogP contribution in [0.5, 0.6) is 0 Å². The van der Waals surface area contributed by atoms with Gasteiger partial charge >= 0.3 is 0 Å². The molecule has 0 radical (unpaired) electrons. The fourth-order valence-corrected chi connectivity index (χ4v) is 1.60. The molecule has 0 spiro atoms. The van der Waals surface area contributed by atoms with Crippen molar-refractivity contribution in [2.45, 2.75) is 6.92 Å². The standard InChI is InChI=1S/C14H10F2O/c1-9-5-6-13(16)12(7-9)14(17)10-3-2-4-11(15)8-10/h2-8H,1H3. The van der Waals surface area contributed by atoms with Crippen LogP contribution in [0.25, 0.3) is 0 Å². The van der Waals surface area contributed by atoms with Gasteiger partial charge < -0.3 is 0 Å². The topological polar surface area (TPSA) is 17.1 Å². The average Bonchev–Trinajstić information content (AvgIpc) is 2.31. The van der Waals surface area contributed by atoms with Gasteiger partial charge in [0.15, 0.2) is 5.78 Å². The normalized spacial score (nSPS) is 10.3. The zero-order valence-corrected chi connectivity index (χ0v) is 9.21. The first-order valence-electron chi connectivity index (χ1n) is 5.14. The molecule has 0 saturated heterocycles. The summed E-state index contributed by atoms with van der Waals surface area (Å²) in [6, 6.07) is 9.51. The van der Waals surface area contributed by atoms with Crippen LogP contribution in [-0.4, -0.2) is 5.78 Å². The maximum atomic E-state index is 13.5. The Hall–Kier alpha value is -2.03. The van der Waals surface area contributed by atoms with E-state index < -0.39 is 17.4 Å². The van der Waals surface area contributed by atoms with Gasteiger partial charge in [0.2, 0.25) is 0 Å². The summed E-state index contributed by atoms with van der Waals surface area (Å²) in [5, 5.41) is 0. The fraction of sp³-hybridized carbons (Fsp3) is 0.0714. The molecule has 0 bridgehead atoms. The predicted molar refractivity (Wildman–Crippen MR) is 61.0 cm³/mol. The molecule has 2 aromatic rings. The van der Waals surface area contributed by atoms with Crippen LogP contribution < -0.4 is 0 Å². The largest absolute Gasteiger partial charge is 0.288 e. The van der Waals surface area contributed by atoms with E-state index in [1.807, 2.05) is 0 Å². The van der Waals surface area contributed by atoms with Gasteiger partial charge in [0, 0.05) is 5.56 Å². The lowest BCUT2D eigenvalue weighted by Gasteiger charge is -2.04. The van der Waals surface area contributed by atoms with Crippen LogP contribution in [0.3, 0.4) is 0 Å². The second kappa shape index (κ2) is 4.45. The zero-order chi connectivity index (χ0) is 12.4. The molecule has 0 amide bonds. The van der Waals surface area contributed by atoms with Crippen molar-refractivity contribution in [2.24, 2.45) is 0 Å². The van der Waals surface area contributed by atoms with E-state index in [0.717, 1.165) is 11.6 Å². The van der Waals surface area contributed by atoms with Crippen molar-refractivity contribution in [3.05, 3.63) is 70.8 Å². The summed E-state index contributed by atoms with van der Waals surface area (Å²) in [5.74, 6) is -1.61. The highest BCUT2D eigenvalue weighted by Crippen LogP contribution is 2.16. The summed E-state index contributed by atoms with van der Waals surface area (Å²) >= 11 is 0. The molecule has 0 saturated carbocycles. The van der Waals surface area contributed by atoms with Crippen LogP contribution in [0.1, 0.15) is 21.5 Å². The number of carbonyl (C=O) groups excluding carboxylic acids is 1. The van der Waals surface area contributed by atoms with Crippen molar-refractivity contribution in [1.29, 1.82) is 0 Å². The Labute approximate surface area is 97.7 Å². The van der Waals surface area contributed by atoms with E-state index in [1.54, 1.807) is 13.0 Å². The van der Waals surface area contributed by atoms with Crippen molar-refractivity contribution in [3.8, 4) is 0 Å². The van der Waals surface area contributed by atoms with E-state index in [-0.39, 0.29) is 11.1 Å². The summed E-state index contributed by atoms with van der Waals surface area (Å²) in [6.07, 6.45) is 0. The monoisotopic (exact) mass is 232 g/mol. The van der Waals surface area contributed by atoms with Crippen LogP contribution in [-0.2, 0) is 0 Å². The Morgan fingerprint density at radius 1 is 1.06 bits per heavy atom. The molecule has 0 atom stereocenters. The number of hydrogen-bond donors (Lipinski definition) is 0. The molecular weight excluding hydrogens is 222 g/mol. The van der Waals surface area contributed by atoms with Gasteiger partial charge in [0.05, 0.1) is 5.56 Å². The molecule has 0 N–H and O–H groups in total. The van der Waals surface area contributed by atoms with Crippen molar-refractivity contribution in [2.75, 3.05) is 0 Å². The Kier molecular flexibility index (Phi) is 3.00. The third kappa shape index (κ3) is 2.38. The first kappa shape index (κ1) is 11.5. The zero-order valence-electron chi connectivity index (χ0n) is 9.21. The molecule has 2 aromatic carbocycles. The molecule has 2 rings (SSSR count). The fourth-order valence-electron chi connectivity index (χ4n) is 1.60. The molecule has 0 unspecified atom stereocenters. The summed E-state index contributed by atoms with van der Waals surface area (Å²) in [5.41, 5.74) is 0.899. The lowest BCUT2D eigenvalue weighted by Crippen LogP contribution is -2.05. The van der Waals surface area contributed by atoms with E-state index >= 15 is 0 Å². The summed E-state index contributed by atoms with van der Waals surface area (Å²) in [7, 11) is 0. The molecule has 86 valence electrons. The lowest BCUT2D eigenvalue weighted by atomic mass is 10.0. The molecule has 0 aliphatic heterocycles. The van der Waals surface area contributed by atoms with E-state index in [1.165, 1.54) is 30.3 Å². The summed E-state index contributed by atoms with van der Waals surface area (Å²) in [6.45, 7) is 1.77. The minimum absolute atomic E-state index is 0.0319. The molecule has 1 nitrogen and oxygen atoms in total. The summed E-state index contributed by atoms with van der Waals surface area (Å²) < 4.78 is 26.5. The third-order valence-electron chi connectivity index (χ3n) is 2.45. The van der Waals surface area contributed by atoms with E-state index in [9.17, 15) is 13.6 Å². The molecule has 0 aliphatic carbocycles. The minimum Gasteiger partial charge on any atom is -0.288 e. The van der Waals surface area contributed by atoms with Crippen LogP contribution in [0.4, 0.5) is 8.78 Å². The van der Waals surface area contributed by atoms with Gasteiger partial charge in [-0.3, -0.25) is 4.79 Å². The number of ketones is 1. The third-order valence-corrected chi connectivity index (χ3v) is 2.45. The lowest BCUT2D eigenvalue weighted by molar-refractivity contribution is 0.103. The van der Waals surface area contributed by atoms with Gasteiger partial charge in [-0.05, 0) is 31.2 Å². The number of rotatable bonds is 2. The van der Waals surface area contributed by atoms with Crippen LogP contribution >= 0.6 is 0 Å². The van der Waals surface area contributed by atoms with Gasteiger partial charge in [-0.2, -0.15) is 0 Å². The van der Waals surface area contributed by atoms with E-state index in [4.69, 9.17) is 0 Å². The van der Waals surface area contributed by atoms with Gasteiger partial charge in [0.1, 0.15) is 11.6 Å². The second-order valence-corrected chi connectivity index (χ2v) is 3.82. The van der Waals surface area contributed by atoms with Crippen molar-refractivity contribution in [1.82, 2.24) is 0 Å². The number of aryl methyl sites for hydroxylation is 1. The van der Waals surface area contributed by atoms with Crippen LogP contribution in [0, 0.1) is 18.6 Å². The van der Waals surface area contributed by atoms with Crippen LogP contribution in [0.2, 0.25) is 0 Å². The SMILES string of the molecule is Cc1ccc(F)c(C(=O)c2cccc(F)c2)c1. The number of hydrogen-bond acceptors (Lipinski definition) is 1. The number of benzene rings is 2. The van der Waals surface area contributed by atoms with Crippen molar-refractivity contribution < 1.29 is 13.6 Å². The van der Waals surface area contributed by atoms with Gasteiger partial charge in [-0.1, -0.05) is 23.8 Å². The first-order valence-corrected chi connectivity index (χ1v) is 5.14. The van der Waals surface area contributed by atoms with Gasteiger partial charge in [-0.25, -0.2) is 8.78 Å². The highest BCUT2D eigenvalue weighted by atomic mass is 19.1. The van der Waals surface area contributed by atoms with Crippen LogP contribution in [0.15, 0.2) is 42.5 Å². The molecule has 3 heteroatoms. The Morgan fingerprint density at radius 3 is 2.53 bits per heavy atom. The highest BCUT2D eigenvalue weighted by Gasteiger charge is 2.14. The maximum absolute atomic E-state index is 13.5. The summed E-state index contributed by atoms with van der Waals surface area (Å²) in [4.78, 5) is 12.0. The second-order valence-electron chi connectivity index (χ2n) is 3.82. The van der Waals surface area contributed by atoms with Crippen molar-refractivity contribution in [3.63, 3.8) is 0 Å². The molecule has 0 aromatic heterocycles. The van der Waals surface area contributed by atoms with Gasteiger partial charge in [-0.15, -0.1) is 0 Å². The van der Waals surface area contributed by atoms with Gasteiger partial charge in [0.25, 0.3) is 0 Å². The molecule has 0 heterocycles. The predicted octanol–water partition coefficient (Wildman–Crippen LogP) is 3.50. The number of halogens is 2. The first-order chi connectivity index (χ1) is 8.08. The van der Waals surface area contributed by atoms with E-state index in [2.05, 4.69) is 0 Å². The maximum Gasteiger partial charge on any atom is 0.196 e. The molecule has 0 aliphatic rings. The quantitative estimate of drug-likeness (QED) is 0.724. The Bertz CT molecular complexity index is 576. The molecule has 0 fully saturated rings. The van der Waals surface area contributed by atoms with Crippen molar-refractivity contribution >= 4 is 5.78 Å². The highest BCUT2D eigenvalue weighted by molar-refractivity contribution is 6.09. The molecule has 17 heavy (non-hydrogen) atoms. The van der Waals surface area contributed by atoms with E-state index in [0.29, 0.717) is 0 Å². The Balaban J connectivity index is 2.47. The Morgan fingerprint density at radius 2 is 1.82 bits per heavy atom. The smallest absolute Gasteiger partial charge is 0.196 e. The molecular formula is C14H10F2O. The average molecular weight is 232 g/mol. The number of carbonyl (C=O) groups is 1.